The molecule has 154 valence electrons. The van der Waals surface area contributed by atoms with Crippen LogP contribution in [-0.4, -0.2) is 26.2 Å². The lowest BCUT2D eigenvalue weighted by Gasteiger charge is -2.14. The number of rotatable bonds is 6. The van der Waals surface area contributed by atoms with E-state index in [-0.39, 0.29) is 17.1 Å². The molecular weight excluding hydrogens is 412 g/mol. The predicted molar refractivity (Wildman–Crippen MR) is 125 cm³/mol. The number of hydrogen-bond acceptors (Lipinski definition) is 5. The Balaban J connectivity index is 1.49. The van der Waals surface area contributed by atoms with Gasteiger partial charge in [0.1, 0.15) is 0 Å². The Hall–Kier alpha value is -2.64. The number of para-hydroxylation sites is 2. The topological polar surface area (TPSA) is 59.8 Å². The van der Waals surface area contributed by atoms with Crippen LogP contribution in [0.1, 0.15) is 32.0 Å². The van der Waals surface area contributed by atoms with E-state index in [1.807, 2.05) is 41.8 Å². The number of imidazole rings is 1. The fourth-order valence-electron chi connectivity index (χ4n) is 3.04. The van der Waals surface area contributed by atoms with Crippen molar-refractivity contribution in [3.8, 4) is 0 Å². The van der Waals surface area contributed by atoms with Crippen molar-refractivity contribution in [1.82, 2.24) is 14.5 Å². The van der Waals surface area contributed by atoms with Gasteiger partial charge in [-0.15, -0.1) is 11.3 Å². The van der Waals surface area contributed by atoms with Gasteiger partial charge in [-0.25, -0.2) is 9.97 Å². The summed E-state index contributed by atoms with van der Waals surface area (Å²) in [6.07, 6.45) is 0. The van der Waals surface area contributed by atoms with Gasteiger partial charge in [-0.3, -0.25) is 4.79 Å². The fourth-order valence-corrected chi connectivity index (χ4v) is 4.81. The van der Waals surface area contributed by atoms with Crippen molar-refractivity contribution < 1.29 is 4.79 Å². The van der Waals surface area contributed by atoms with Crippen molar-refractivity contribution in [2.45, 2.75) is 37.9 Å². The molecule has 2 aromatic carbocycles. The summed E-state index contributed by atoms with van der Waals surface area (Å²) in [6.45, 7) is 7.05. The predicted octanol–water partition coefficient (Wildman–Crippen LogP) is 5.57. The zero-order chi connectivity index (χ0) is 21.1. The maximum absolute atomic E-state index is 12.5. The summed E-state index contributed by atoms with van der Waals surface area (Å²) in [7, 11) is 0. The number of anilines is 1. The van der Waals surface area contributed by atoms with Crippen LogP contribution in [0, 0.1) is 0 Å². The van der Waals surface area contributed by atoms with Crippen molar-refractivity contribution in [3.63, 3.8) is 0 Å². The summed E-state index contributed by atoms with van der Waals surface area (Å²) in [5, 5.41) is 6.40. The first-order valence-corrected chi connectivity index (χ1v) is 11.6. The number of hydrogen-bond donors (Lipinski definition) is 1. The Bertz CT molecular complexity index is 1160. The SMILES string of the molecule is CC(C)(C)c1csc(NC(=O)CSc2nc3ccccc3n2Cc2ccccc2)n1. The highest BCUT2D eigenvalue weighted by atomic mass is 32.2. The molecule has 2 aromatic heterocycles. The summed E-state index contributed by atoms with van der Waals surface area (Å²) in [4.78, 5) is 21.8. The second-order valence-corrected chi connectivity index (χ2v) is 9.88. The number of aromatic nitrogens is 3. The largest absolute Gasteiger partial charge is 0.314 e. The smallest absolute Gasteiger partial charge is 0.236 e. The van der Waals surface area contributed by atoms with Gasteiger partial charge >= 0.3 is 0 Å². The average molecular weight is 437 g/mol. The van der Waals surface area contributed by atoms with Crippen LogP contribution in [0.25, 0.3) is 11.0 Å². The number of carbonyl (C=O) groups is 1. The molecule has 7 heteroatoms. The van der Waals surface area contributed by atoms with E-state index in [2.05, 4.69) is 53.8 Å². The molecule has 0 aliphatic rings. The number of amides is 1. The number of benzene rings is 2. The van der Waals surface area contributed by atoms with Crippen molar-refractivity contribution in [2.24, 2.45) is 0 Å². The molecule has 0 bridgehead atoms. The third kappa shape index (κ3) is 4.74. The lowest BCUT2D eigenvalue weighted by atomic mass is 9.93. The van der Waals surface area contributed by atoms with Gasteiger partial charge in [0.2, 0.25) is 5.91 Å². The third-order valence-electron chi connectivity index (χ3n) is 4.65. The minimum atomic E-state index is -0.0758. The Morgan fingerprint density at radius 2 is 1.80 bits per heavy atom. The van der Waals surface area contributed by atoms with E-state index in [4.69, 9.17) is 4.98 Å². The number of carbonyl (C=O) groups excluding carboxylic acids is 1. The van der Waals surface area contributed by atoms with Gasteiger partial charge in [0, 0.05) is 10.8 Å². The molecule has 0 aliphatic heterocycles. The summed E-state index contributed by atoms with van der Waals surface area (Å²) in [6, 6.07) is 18.4. The molecule has 2 heterocycles. The zero-order valence-corrected chi connectivity index (χ0v) is 18.9. The van der Waals surface area contributed by atoms with Crippen LogP contribution < -0.4 is 5.32 Å². The van der Waals surface area contributed by atoms with E-state index in [1.54, 1.807) is 0 Å². The lowest BCUT2D eigenvalue weighted by molar-refractivity contribution is -0.113. The summed E-state index contributed by atoms with van der Waals surface area (Å²) in [5.41, 5.74) is 4.16. The van der Waals surface area contributed by atoms with Crippen LogP contribution in [0.2, 0.25) is 0 Å². The van der Waals surface area contributed by atoms with Crippen LogP contribution in [0.4, 0.5) is 5.13 Å². The van der Waals surface area contributed by atoms with Crippen molar-refractivity contribution in [2.75, 3.05) is 11.1 Å². The van der Waals surface area contributed by atoms with Gasteiger partial charge in [0.25, 0.3) is 0 Å². The molecule has 4 aromatic rings. The number of thiazole rings is 1. The monoisotopic (exact) mass is 436 g/mol. The number of thioether (sulfide) groups is 1. The van der Waals surface area contributed by atoms with Crippen LogP contribution in [0.3, 0.4) is 0 Å². The molecule has 4 rings (SSSR count). The highest BCUT2D eigenvalue weighted by molar-refractivity contribution is 7.99. The third-order valence-corrected chi connectivity index (χ3v) is 6.39. The Morgan fingerprint density at radius 3 is 2.53 bits per heavy atom. The van der Waals surface area contributed by atoms with Gasteiger partial charge in [-0.2, -0.15) is 0 Å². The van der Waals surface area contributed by atoms with E-state index in [1.165, 1.54) is 28.7 Å². The van der Waals surface area contributed by atoms with Crippen LogP contribution in [0.15, 0.2) is 65.1 Å². The standard InChI is InChI=1S/C23H24N4OS2/c1-23(2,3)19-14-29-21(25-19)26-20(28)15-30-22-24-17-11-7-8-12-18(17)27(22)13-16-9-5-4-6-10-16/h4-12,14H,13,15H2,1-3H3,(H,25,26,28). The fraction of sp³-hybridized carbons (Fsp3) is 0.261. The second-order valence-electron chi connectivity index (χ2n) is 8.08. The van der Waals surface area contributed by atoms with E-state index >= 15 is 0 Å². The van der Waals surface area contributed by atoms with Crippen molar-refractivity contribution in [1.29, 1.82) is 0 Å². The van der Waals surface area contributed by atoms with E-state index < -0.39 is 0 Å². The molecule has 0 atom stereocenters. The molecule has 1 N–H and O–H groups in total. The maximum Gasteiger partial charge on any atom is 0.236 e. The molecule has 0 spiro atoms. The Morgan fingerprint density at radius 1 is 1.07 bits per heavy atom. The van der Waals surface area contributed by atoms with Gasteiger partial charge in [-0.05, 0) is 17.7 Å². The minimum absolute atomic E-state index is 0.0312. The highest BCUT2D eigenvalue weighted by Crippen LogP contribution is 2.28. The molecule has 30 heavy (non-hydrogen) atoms. The molecule has 0 saturated heterocycles. The van der Waals surface area contributed by atoms with Gasteiger partial charge in [0.15, 0.2) is 10.3 Å². The van der Waals surface area contributed by atoms with Crippen LogP contribution in [0.5, 0.6) is 0 Å². The minimum Gasteiger partial charge on any atom is -0.314 e. The zero-order valence-electron chi connectivity index (χ0n) is 17.3. The first-order chi connectivity index (χ1) is 14.4. The highest BCUT2D eigenvalue weighted by Gasteiger charge is 2.19. The summed E-state index contributed by atoms with van der Waals surface area (Å²) < 4.78 is 2.17. The molecule has 0 unspecified atom stereocenters. The van der Waals surface area contributed by atoms with Crippen LogP contribution in [-0.2, 0) is 16.8 Å². The molecular formula is C23H24N4OS2. The van der Waals surface area contributed by atoms with E-state index in [0.717, 1.165) is 21.9 Å². The summed E-state index contributed by atoms with van der Waals surface area (Å²) >= 11 is 2.91. The van der Waals surface area contributed by atoms with Gasteiger partial charge in [0.05, 0.1) is 29.0 Å². The Kier molecular flexibility index (Phi) is 5.92. The molecule has 1 amide bonds. The number of fused-ring (bicyclic) bond motifs is 1. The van der Waals surface area contributed by atoms with E-state index in [9.17, 15) is 4.79 Å². The van der Waals surface area contributed by atoms with Crippen LogP contribution >= 0.6 is 23.1 Å². The molecule has 5 nitrogen and oxygen atoms in total. The second kappa shape index (κ2) is 8.62. The van der Waals surface area contributed by atoms with Gasteiger partial charge in [-0.1, -0.05) is 75.0 Å². The van der Waals surface area contributed by atoms with E-state index in [0.29, 0.717) is 11.7 Å². The first-order valence-electron chi connectivity index (χ1n) is 9.78. The normalized spacial score (nSPS) is 11.7. The maximum atomic E-state index is 12.5. The van der Waals surface area contributed by atoms with Crippen molar-refractivity contribution in [3.05, 3.63) is 71.2 Å². The molecule has 0 fully saturated rings. The van der Waals surface area contributed by atoms with Crippen molar-refractivity contribution >= 4 is 45.2 Å². The van der Waals surface area contributed by atoms with Gasteiger partial charge < -0.3 is 9.88 Å². The number of nitrogens with zero attached hydrogens (tertiary/aromatic N) is 3. The Labute approximate surface area is 184 Å². The molecule has 0 aliphatic carbocycles. The lowest BCUT2D eigenvalue weighted by Crippen LogP contribution is -2.16. The first kappa shape index (κ1) is 20.6. The molecule has 0 saturated carbocycles. The quantitative estimate of drug-likeness (QED) is 0.402. The number of nitrogens with one attached hydrogen (secondary N) is 1. The summed E-state index contributed by atoms with van der Waals surface area (Å²) in [5.74, 6) is 0.204. The molecule has 0 radical (unpaired) electrons. The average Bonchev–Trinajstić information content (AvgIpc) is 3.32.